The molecule has 0 radical (unpaired) electrons. The average molecular weight is 157 g/mol. The van der Waals surface area contributed by atoms with Gasteiger partial charge in [0.25, 0.3) is 0 Å². The molecule has 0 aliphatic carbocycles. The van der Waals surface area contributed by atoms with E-state index in [9.17, 15) is 4.79 Å². The Hall–Kier alpha value is -0.570. The van der Waals surface area contributed by atoms with Crippen LogP contribution in [0.15, 0.2) is 0 Å². The van der Waals surface area contributed by atoms with Gasteiger partial charge in [0.15, 0.2) is 0 Å². The maximum Gasteiger partial charge on any atom is 0.246 e. The van der Waals surface area contributed by atoms with Crippen LogP contribution >= 0.6 is 0 Å². The third-order valence-electron chi connectivity index (χ3n) is 2.26. The highest BCUT2D eigenvalue weighted by Crippen LogP contribution is 2.20. The number of primary amides is 1. The van der Waals surface area contributed by atoms with Gasteiger partial charge in [0.1, 0.15) is 6.10 Å². The Morgan fingerprint density at radius 2 is 2.36 bits per heavy atom. The summed E-state index contributed by atoms with van der Waals surface area (Å²) < 4.78 is 5.27. The van der Waals surface area contributed by atoms with Crippen LogP contribution < -0.4 is 5.73 Å². The van der Waals surface area contributed by atoms with Crippen molar-refractivity contribution in [1.29, 1.82) is 0 Å². The fraction of sp³-hybridized carbons (Fsp3) is 0.875. The van der Waals surface area contributed by atoms with Crippen LogP contribution in [-0.2, 0) is 9.53 Å². The number of carbonyl (C=O) groups excluding carboxylic acids is 1. The Bertz CT molecular complexity index is 139. The lowest BCUT2D eigenvalue weighted by Gasteiger charge is -2.26. The Morgan fingerprint density at radius 3 is 2.73 bits per heavy atom. The van der Waals surface area contributed by atoms with Crippen molar-refractivity contribution in [3.63, 3.8) is 0 Å². The van der Waals surface area contributed by atoms with E-state index in [1.165, 1.54) is 0 Å². The van der Waals surface area contributed by atoms with Gasteiger partial charge in [-0.25, -0.2) is 0 Å². The van der Waals surface area contributed by atoms with E-state index in [0.29, 0.717) is 12.5 Å². The molecule has 2 N–H and O–H groups in total. The Morgan fingerprint density at radius 1 is 1.64 bits per heavy atom. The zero-order valence-corrected chi connectivity index (χ0v) is 6.88. The van der Waals surface area contributed by atoms with Crippen molar-refractivity contribution in [3.05, 3.63) is 0 Å². The summed E-state index contributed by atoms with van der Waals surface area (Å²) >= 11 is 0. The van der Waals surface area contributed by atoms with Crippen molar-refractivity contribution in [2.24, 2.45) is 11.7 Å². The van der Waals surface area contributed by atoms with E-state index in [1.807, 2.05) is 0 Å². The summed E-state index contributed by atoms with van der Waals surface area (Å²) in [4.78, 5) is 10.6. The van der Waals surface area contributed by atoms with Crippen molar-refractivity contribution in [1.82, 2.24) is 0 Å². The number of amides is 1. The van der Waals surface area contributed by atoms with Gasteiger partial charge in [0.2, 0.25) is 5.91 Å². The van der Waals surface area contributed by atoms with E-state index >= 15 is 0 Å². The number of ether oxygens (including phenoxy) is 1. The van der Waals surface area contributed by atoms with E-state index < -0.39 is 0 Å². The van der Waals surface area contributed by atoms with E-state index in [-0.39, 0.29) is 12.0 Å². The lowest BCUT2D eigenvalue weighted by Crippen LogP contribution is -2.36. The molecule has 64 valence electrons. The average Bonchev–Trinajstić information content (AvgIpc) is 2.05. The molecule has 3 nitrogen and oxygen atoms in total. The van der Waals surface area contributed by atoms with Crippen LogP contribution in [0.25, 0.3) is 0 Å². The number of nitrogens with two attached hydrogens (primary N) is 1. The Labute approximate surface area is 66.9 Å². The molecule has 0 aromatic carbocycles. The summed E-state index contributed by atoms with van der Waals surface area (Å²) in [5, 5.41) is 0. The van der Waals surface area contributed by atoms with Crippen LogP contribution in [0.5, 0.6) is 0 Å². The number of hydrogen-bond acceptors (Lipinski definition) is 2. The summed E-state index contributed by atoms with van der Waals surface area (Å²) in [5.41, 5.74) is 5.09. The number of hydrogen-bond donors (Lipinski definition) is 1. The smallest absolute Gasteiger partial charge is 0.246 e. The lowest BCUT2D eigenvalue weighted by molar-refractivity contribution is -0.134. The molecule has 1 saturated heterocycles. The van der Waals surface area contributed by atoms with Crippen molar-refractivity contribution in [3.8, 4) is 0 Å². The number of carbonyl (C=O) groups is 1. The second-order valence-corrected chi connectivity index (χ2v) is 3.08. The van der Waals surface area contributed by atoms with E-state index in [1.54, 1.807) is 0 Å². The lowest BCUT2D eigenvalue weighted by atomic mass is 9.96. The molecule has 1 fully saturated rings. The molecule has 3 heteroatoms. The van der Waals surface area contributed by atoms with Crippen LogP contribution in [0.3, 0.4) is 0 Å². The van der Waals surface area contributed by atoms with Crippen LogP contribution in [0.1, 0.15) is 26.2 Å². The fourth-order valence-electron chi connectivity index (χ4n) is 1.35. The van der Waals surface area contributed by atoms with Gasteiger partial charge in [-0.15, -0.1) is 0 Å². The highest BCUT2D eigenvalue weighted by Gasteiger charge is 2.23. The van der Waals surface area contributed by atoms with Crippen molar-refractivity contribution in [2.75, 3.05) is 6.61 Å². The predicted octanol–water partition coefficient (Wildman–Crippen LogP) is 0.677. The first-order chi connectivity index (χ1) is 5.24. The first-order valence-corrected chi connectivity index (χ1v) is 4.15. The molecule has 1 heterocycles. The molecule has 0 spiro atoms. The molecule has 1 amide bonds. The van der Waals surface area contributed by atoms with Gasteiger partial charge in [-0.2, -0.15) is 0 Å². The molecule has 1 rings (SSSR count). The van der Waals surface area contributed by atoms with E-state index in [0.717, 1.165) is 19.3 Å². The summed E-state index contributed by atoms with van der Waals surface area (Å²) in [6.07, 6.45) is 2.68. The quantitative estimate of drug-likeness (QED) is 0.640. The molecule has 11 heavy (non-hydrogen) atoms. The molecule has 1 unspecified atom stereocenters. The molecule has 1 aliphatic heterocycles. The van der Waals surface area contributed by atoms with Gasteiger partial charge in [-0.1, -0.05) is 13.3 Å². The maximum absolute atomic E-state index is 10.6. The minimum absolute atomic E-state index is 0.320. The zero-order chi connectivity index (χ0) is 8.27. The Balaban J connectivity index is 2.30. The Kier molecular flexibility index (Phi) is 2.88. The van der Waals surface area contributed by atoms with Crippen molar-refractivity contribution >= 4 is 5.91 Å². The summed E-state index contributed by atoms with van der Waals surface area (Å²) in [6, 6.07) is 0. The highest BCUT2D eigenvalue weighted by molar-refractivity contribution is 5.78. The van der Waals surface area contributed by atoms with E-state index in [4.69, 9.17) is 10.5 Å². The molecule has 0 aromatic heterocycles. The van der Waals surface area contributed by atoms with Gasteiger partial charge in [-0.05, 0) is 18.8 Å². The van der Waals surface area contributed by atoms with Gasteiger partial charge in [0.05, 0.1) is 6.61 Å². The van der Waals surface area contributed by atoms with Gasteiger partial charge in [0, 0.05) is 0 Å². The SMILES string of the molecule is CCC1CC[C@@H](C(N)=O)OC1. The molecule has 1 aliphatic rings. The molecule has 0 aromatic rings. The van der Waals surface area contributed by atoms with Crippen molar-refractivity contribution in [2.45, 2.75) is 32.3 Å². The molecular weight excluding hydrogens is 142 g/mol. The third-order valence-corrected chi connectivity index (χ3v) is 2.26. The van der Waals surface area contributed by atoms with E-state index in [2.05, 4.69) is 6.92 Å². The van der Waals surface area contributed by atoms with Gasteiger partial charge in [-0.3, -0.25) is 4.79 Å². The van der Waals surface area contributed by atoms with Crippen LogP contribution in [0.2, 0.25) is 0 Å². The van der Waals surface area contributed by atoms with Crippen LogP contribution in [0.4, 0.5) is 0 Å². The highest BCUT2D eigenvalue weighted by atomic mass is 16.5. The normalized spacial score (nSPS) is 31.7. The first-order valence-electron chi connectivity index (χ1n) is 4.15. The van der Waals surface area contributed by atoms with Gasteiger partial charge < -0.3 is 10.5 Å². The molecular formula is C8H15NO2. The standard InChI is InChI=1S/C8H15NO2/c1-2-6-3-4-7(8(9)10)11-5-6/h6-7H,2-5H2,1H3,(H2,9,10)/t6?,7-/m0/s1. The number of rotatable bonds is 2. The summed E-state index contributed by atoms with van der Waals surface area (Å²) in [7, 11) is 0. The second kappa shape index (κ2) is 3.72. The minimum Gasteiger partial charge on any atom is -0.368 e. The largest absolute Gasteiger partial charge is 0.368 e. The molecule has 0 bridgehead atoms. The monoisotopic (exact) mass is 157 g/mol. The summed E-state index contributed by atoms with van der Waals surface area (Å²) in [5.74, 6) is 0.310. The minimum atomic E-state index is -0.321. The first kappa shape index (κ1) is 8.53. The third kappa shape index (κ3) is 2.19. The topological polar surface area (TPSA) is 52.3 Å². The maximum atomic E-state index is 10.6. The van der Waals surface area contributed by atoms with Crippen LogP contribution in [-0.4, -0.2) is 18.6 Å². The predicted molar refractivity (Wildman–Crippen MR) is 41.9 cm³/mol. The molecule has 2 atom stereocenters. The summed E-state index contributed by atoms with van der Waals surface area (Å²) in [6.45, 7) is 2.84. The molecule has 0 saturated carbocycles. The zero-order valence-electron chi connectivity index (χ0n) is 6.88. The van der Waals surface area contributed by atoms with Crippen molar-refractivity contribution < 1.29 is 9.53 Å². The van der Waals surface area contributed by atoms with Gasteiger partial charge >= 0.3 is 0 Å². The fourth-order valence-corrected chi connectivity index (χ4v) is 1.35. The van der Waals surface area contributed by atoms with Crippen LogP contribution in [0, 0.1) is 5.92 Å². The second-order valence-electron chi connectivity index (χ2n) is 3.08.